The van der Waals surface area contributed by atoms with Gasteiger partial charge in [-0.2, -0.15) is 0 Å². The van der Waals surface area contributed by atoms with Crippen LogP contribution in [-0.2, 0) is 0 Å². The summed E-state index contributed by atoms with van der Waals surface area (Å²) in [6.45, 7) is 11.0. The molecule has 0 nitrogen and oxygen atoms in total. The monoisotopic (exact) mass is 365 g/mol. The van der Waals surface area contributed by atoms with Crippen LogP contribution in [0, 0.1) is 12.3 Å². The third kappa shape index (κ3) is 24.0. The van der Waals surface area contributed by atoms with Crippen molar-refractivity contribution < 1.29 is 0 Å². The standard InChI is InChI=1S/C26H53/c1-5-6-7-8-9-10-11-12-13-14-15-16-17-18-19-20-21-22-23-24-25-26(2,3)4/h1,5-25H2,2-4H3. The van der Waals surface area contributed by atoms with E-state index in [4.69, 9.17) is 0 Å². The van der Waals surface area contributed by atoms with E-state index in [-0.39, 0.29) is 0 Å². The molecule has 0 aromatic rings. The minimum atomic E-state index is 0.534. The van der Waals surface area contributed by atoms with Gasteiger partial charge in [-0.1, -0.05) is 156 Å². The van der Waals surface area contributed by atoms with Gasteiger partial charge < -0.3 is 0 Å². The zero-order chi connectivity index (χ0) is 19.3. The van der Waals surface area contributed by atoms with Gasteiger partial charge in [-0.15, -0.1) is 0 Å². The Bertz CT molecular complexity index is 247. The highest BCUT2D eigenvalue weighted by molar-refractivity contribution is 4.61. The lowest BCUT2D eigenvalue weighted by molar-refractivity contribution is 0.356. The molecular weight excluding hydrogens is 312 g/mol. The molecule has 0 heteroatoms. The first-order valence-electron chi connectivity index (χ1n) is 12.4. The average molecular weight is 366 g/mol. The topological polar surface area (TPSA) is 0 Å². The van der Waals surface area contributed by atoms with Gasteiger partial charge in [-0.05, 0) is 11.8 Å². The predicted octanol–water partition coefficient (Wildman–Crippen LogP) is 10.1. The van der Waals surface area contributed by atoms with Crippen LogP contribution >= 0.6 is 0 Å². The lowest BCUT2D eigenvalue weighted by atomic mass is 9.89. The Kier molecular flexibility index (Phi) is 19.8. The van der Waals surface area contributed by atoms with Crippen molar-refractivity contribution in [3.63, 3.8) is 0 Å². The Morgan fingerprint density at radius 2 is 0.615 bits per heavy atom. The van der Waals surface area contributed by atoms with Crippen LogP contribution in [0.1, 0.15) is 156 Å². The zero-order valence-corrected chi connectivity index (χ0v) is 19.1. The van der Waals surface area contributed by atoms with E-state index in [9.17, 15) is 0 Å². The molecule has 26 heavy (non-hydrogen) atoms. The van der Waals surface area contributed by atoms with E-state index >= 15 is 0 Å². The van der Waals surface area contributed by atoms with Gasteiger partial charge in [0, 0.05) is 0 Å². The van der Waals surface area contributed by atoms with E-state index in [2.05, 4.69) is 27.7 Å². The van der Waals surface area contributed by atoms with Crippen LogP contribution in [0.15, 0.2) is 0 Å². The normalized spacial score (nSPS) is 12.0. The summed E-state index contributed by atoms with van der Waals surface area (Å²) in [5.41, 5.74) is 0.534. The Morgan fingerprint density at radius 3 is 0.846 bits per heavy atom. The highest BCUT2D eigenvalue weighted by Gasteiger charge is 2.08. The third-order valence-electron chi connectivity index (χ3n) is 5.68. The van der Waals surface area contributed by atoms with Crippen molar-refractivity contribution in [2.45, 2.75) is 156 Å². The van der Waals surface area contributed by atoms with Gasteiger partial charge in [0.25, 0.3) is 0 Å². The van der Waals surface area contributed by atoms with E-state index in [1.165, 1.54) is 128 Å². The van der Waals surface area contributed by atoms with Gasteiger partial charge in [0.1, 0.15) is 0 Å². The lowest BCUT2D eigenvalue weighted by Gasteiger charge is -2.17. The first-order chi connectivity index (χ1) is 12.6. The molecule has 0 aliphatic carbocycles. The second-order valence-electron chi connectivity index (χ2n) is 9.88. The van der Waals surface area contributed by atoms with Crippen molar-refractivity contribution in [3.8, 4) is 0 Å². The van der Waals surface area contributed by atoms with Crippen LogP contribution in [-0.4, -0.2) is 0 Å². The second-order valence-corrected chi connectivity index (χ2v) is 9.88. The highest BCUT2D eigenvalue weighted by atomic mass is 14.1. The van der Waals surface area contributed by atoms with Crippen molar-refractivity contribution in [3.05, 3.63) is 6.92 Å². The summed E-state index contributed by atoms with van der Waals surface area (Å²) in [5, 5.41) is 0. The molecule has 0 N–H and O–H groups in total. The zero-order valence-electron chi connectivity index (χ0n) is 19.1. The van der Waals surface area contributed by atoms with E-state index in [0.717, 1.165) is 6.42 Å². The third-order valence-corrected chi connectivity index (χ3v) is 5.68. The summed E-state index contributed by atoms with van der Waals surface area (Å²) in [7, 11) is 0. The quantitative estimate of drug-likeness (QED) is 0.188. The number of hydrogen-bond acceptors (Lipinski definition) is 0. The van der Waals surface area contributed by atoms with Crippen molar-refractivity contribution >= 4 is 0 Å². The number of hydrogen-bond donors (Lipinski definition) is 0. The maximum Gasteiger partial charge on any atom is -0.0383 e. The first-order valence-corrected chi connectivity index (χ1v) is 12.4. The minimum Gasteiger partial charge on any atom is -0.0602 e. The molecule has 157 valence electrons. The fraction of sp³-hybridized carbons (Fsp3) is 0.962. The van der Waals surface area contributed by atoms with Crippen molar-refractivity contribution in [1.29, 1.82) is 0 Å². The van der Waals surface area contributed by atoms with Gasteiger partial charge >= 0.3 is 0 Å². The van der Waals surface area contributed by atoms with Gasteiger partial charge in [0.2, 0.25) is 0 Å². The van der Waals surface area contributed by atoms with Gasteiger partial charge in [0.05, 0.1) is 0 Å². The fourth-order valence-corrected chi connectivity index (χ4v) is 3.84. The molecule has 0 amide bonds. The first kappa shape index (κ1) is 26.0. The molecule has 0 rings (SSSR count). The lowest BCUT2D eigenvalue weighted by Crippen LogP contribution is -2.03. The molecule has 0 fully saturated rings. The SMILES string of the molecule is [CH2]CCCCCCCCCCCCCCCCCCCCCC(C)(C)C. The fourth-order valence-electron chi connectivity index (χ4n) is 3.84. The molecule has 0 saturated heterocycles. The molecule has 1 radical (unpaired) electrons. The van der Waals surface area contributed by atoms with Gasteiger partial charge in [-0.25, -0.2) is 0 Å². The summed E-state index contributed by atoms with van der Waals surface area (Å²) in [4.78, 5) is 0. The summed E-state index contributed by atoms with van der Waals surface area (Å²) in [5.74, 6) is 0. The molecule has 0 heterocycles. The smallest absolute Gasteiger partial charge is 0.0383 e. The molecule has 0 aromatic heterocycles. The largest absolute Gasteiger partial charge is 0.0602 e. The van der Waals surface area contributed by atoms with Gasteiger partial charge in [0.15, 0.2) is 0 Å². The van der Waals surface area contributed by atoms with Gasteiger partial charge in [-0.3, -0.25) is 0 Å². The van der Waals surface area contributed by atoms with Crippen molar-refractivity contribution in [2.75, 3.05) is 0 Å². The average Bonchev–Trinajstić information content (AvgIpc) is 2.59. The molecule has 0 bridgehead atoms. The maximum atomic E-state index is 3.91. The van der Waals surface area contributed by atoms with Crippen LogP contribution in [0.3, 0.4) is 0 Å². The van der Waals surface area contributed by atoms with Crippen LogP contribution < -0.4 is 0 Å². The summed E-state index contributed by atoms with van der Waals surface area (Å²) >= 11 is 0. The Balaban J connectivity index is 3.01. The van der Waals surface area contributed by atoms with Crippen LogP contribution in [0.4, 0.5) is 0 Å². The molecule has 0 atom stereocenters. The molecular formula is C26H53. The minimum absolute atomic E-state index is 0.534. The molecule has 0 aromatic carbocycles. The van der Waals surface area contributed by atoms with E-state index in [1.54, 1.807) is 0 Å². The summed E-state index contributed by atoms with van der Waals surface area (Å²) < 4.78 is 0. The van der Waals surface area contributed by atoms with E-state index in [1.807, 2.05) is 0 Å². The van der Waals surface area contributed by atoms with Crippen molar-refractivity contribution in [2.24, 2.45) is 5.41 Å². The summed E-state index contributed by atoms with van der Waals surface area (Å²) in [6, 6.07) is 0. The summed E-state index contributed by atoms with van der Waals surface area (Å²) in [6.07, 6.45) is 30.2. The molecule has 0 aliphatic heterocycles. The van der Waals surface area contributed by atoms with Crippen LogP contribution in [0.2, 0.25) is 0 Å². The Hall–Kier alpha value is 0. The van der Waals surface area contributed by atoms with Crippen molar-refractivity contribution in [1.82, 2.24) is 0 Å². The Labute approximate surface area is 168 Å². The van der Waals surface area contributed by atoms with E-state index < -0.39 is 0 Å². The maximum absolute atomic E-state index is 3.91. The predicted molar refractivity (Wildman–Crippen MR) is 122 cm³/mol. The Morgan fingerprint density at radius 1 is 0.385 bits per heavy atom. The second kappa shape index (κ2) is 19.8. The number of rotatable bonds is 20. The van der Waals surface area contributed by atoms with E-state index in [0.29, 0.717) is 5.41 Å². The molecule has 0 spiro atoms. The number of unbranched alkanes of at least 4 members (excludes halogenated alkanes) is 19. The molecule has 0 unspecified atom stereocenters. The highest BCUT2D eigenvalue weighted by Crippen LogP contribution is 2.22. The van der Waals surface area contributed by atoms with Crippen LogP contribution in [0.5, 0.6) is 0 Å². The molecule has 0 aliphatic rings. The molecule has 0 saturated carbocycles. The van der Waals surface area contributed by atoms with Crippen LogP contribution in [0.25, 0.3) is 0 Å².